The fraction of sp³-hybridized carbons (Fsp3) is 0.583. The third-order valence-corrected chi connectivity index (χ3v) is 6.67. The minimum absolute atomic E-state index is 0.105. The van der Waals surface area contributed by atoms with Gasteiger partial charge < -0.3 is 0 Å². The quantitative estimate of drug-likeness (QED) is 0.616. The van der Waals surface area contributed by atoms with Gasteiger partial charge in [0.15, 0.2) is 5.78 Å². The maximum absolute atomic E-state index is 13.3. The molecule has 0 spiro atoms. The van der Waals surface area contributed by atoms with Gasteiger partial charge in [0, 0.05) is 18.3 Å². The van der Waals surface area contributed by atoms with Crippen LogP contribution in [0.25, 0.3) is 0 Å². The van der Waals surface area contributed by atoms with Gasteiger partial charge in [-0.2, -0.15) is 5.10 Å². The normalized spacial score (nSPS) is 20.5. The lowest BCUT2D eigenvalue weighted by Crippen LogP contribution is -2.34. The van der Waals surface area contributed by atoms with Crippen LogP contribution >= 0.6 is 0 Å². The van der Waals surface area contributed by atoms with Gasteiger partial charge in [-0.3, -0.25) is 9.48 Å². The average molecular weight is 369 g/mol. The minimum atomic E-state index is 0.105. The van der Waals surface area contributed by atoms with E-state index in [1.165, 1.54) is 11.1 Å². The molecule has 2 unspecified atom stereocenters. The summed E-state index contributed by atoms with van der Waals surface area (Å²) in [4.78, 5) is 13.3. The monoisotopic (exact) mass is 368 g/mol. The maximum atomic E-state index is 13.3. The number of hydrogen-bond donors (Lipinski definition) is 0. The second-order valence-electron chi connectivity index (χ2n) is 8.55. The number of hydrogen-bond acceptors (Lipinski definition) is 2. The Morgan fingerprint density at radius 1 is 1.15 bits per heavy atom. The Morgan fingerprint density at radius 3 is 2.26 bits per heavy atom. The van der Waals surface area contributed by atoms with Gasteiger partial charge in [0.25, 0.3) is 0 Å². The molecule has 3 heteroatoms. The van der Waals surface area contributed by atoms with E-state index in [0.717, 1.165) is 34.5 Å². The molecule has 1 aromatic carbocycles. The Kier molecular flexibility index (Phi) is 6.03. The van der Waals surface area contributed by atoms with Gasteiger partial charge in [-0.25, -0.2) is 0 Å². The molecule has 0 fully saturated rings. The number of rotatable bonds is 2. The van der Waals surface area contributed by atoms with Gasteiger partial charge in [-0.1, -0.05) is 53.7 Å². The summed E-state index contributed by atoms with van der Waals surface area (Å²) in [6, 6.07) is 4.21. The molecule has 2 aromatic rings. The number of benzene rings is 1. The molecule has 1 aromatic heterocycles. The fourth-order valence-electron chi connectivity index (χ4n) is 4.63. The molecule has 0 N–H and O–H groups in total. The first-order valence-electron chi connectivity index (χ1n) is 10.2. The molecule has 2 atom stereocenters. The molecule has 27 heavy (non-hydrogen) atoms. The largest absolute Gasteiger partial charge is 0.288 e. The minimum Gasteiger partial charge on any atom is -0.288 e. The van der Waals surface area contributed by atoms with E-state index in [2.05, 4.69) is 45.8 Å². The van der Waals surface area contributed by atoms with Gasteiger partial charge in [-0.15, -0.1) is 0 Å². The number of carbonyl (C=O) groups is 1. The van der Waals surface area contributed by atoms with E-state index < -0.39 is 0 Å². The lowest BCUT2D eigenvalue weighted by molar-refractivity contribution is 0.103. The van der Waals surface area contributed by atoms with Crippen LogP contribution in [-0.2, 0) is 13.5 Å². The zero-order valence-corrected chi connectivity index (χ0v) is 18.8. The molecule has 3 rings (SSSR count). The zero-order chi connectivity index (χ0) is 20.7. The van der Waals surface area contributed by atoms with Crippen molar-refractivity contribution in [1.82, 2.24) is 9.78 Å². The summed E-state index contributed by atoms with van der Waals surface area (Å²) in [6.45, 7) is 19.4. The summed E-state index contributed by atoms with van der Waals surface area (Å²) in [5.74, 6) is 1.15. The summed E-state index contributed by atoms with van der Waals surface area (Å²) in [6.07, 6.45) is 1.08. The molecule has 0 radical (unpaired) electrons. The number of ketones is 1. The highest BCUT2D eigenvalue weighted by Crippen LogP contribution is 2.48. The number of carbonyl (C=O) groups excluding carboxylic acids is 1. The number of aryl methyl sites for hydroxylation is 2. The van der Waals surface area contributed by atoms with Crippen LogP contribution in [0.2, 0.25) is 0 Å². The first kappa shape index (κ1) is 21.4. The van der Waals surface area contributed by atoms with Crippen LogP contribution in [0.1, 0.15) is 91.5 Å². The van der Waals surface area contributed by atoms with E-state index in [1.807, 2.05) is 40.8 Å². The first-order valence-corrected chi connectivity index (χ1v) is 10.2. The zero-order valence-electron chi connectivity index (χ0n) is 18.8. The molecule has 3 nitrogen and oxygen atoms in total. The average Bonchev–Trinajstić information content (AvgIpc) is 2.86. The standard InChI is InChI=1S/C22H30N2O.C2H6/c1-12-14(3)22(6,7)11-17-9-10-18(13(2)19(12)17)21(25)20-15(4)23-24(8)16(20)5;1-2/h9-10,12,14H,11H2,1-8H3;1-2H3. The third kappa shape index (κ3) is 3.49. The van der Waals surface area contributed by atoms with Crippen molar-refractivity contribution in [1.29, 1.82) is 0 Å². The summed E-state index contributed by atoms with van der Waals surface area (Å²) in [7, 11) is 1.89. The van der Waals surface area contributed by atoms with Crippen molar-refractivity contribution in [3.63, 3.8) is 0 Å². The molecule has 0 bridgehead atoms. The number of aromatic nitrogens is 2. The lowest BCUT2D eigenvalue weighted by atomic mass is 9.62. The molecule has 1 aliphatic rings. The molecular formula is C24H36N2O. The molecule has 0 saturated heterocycles. The van der Waals surface area contributed by atoms with Gasteiger partial charge >= 0.3 is 0 Å². The first-order chi connectivity index (χ1) is 12.6. The predicted octanol–water partition coefficient (Wildman–Crippen LogP) is 5.92. The highest BCUT2D eigenvalue weighted by atomic mass is 16.1. The van der Waals surface area contributed by atoms with Gasteiger partial charge in [0.1, 0.15) is 0 Å². The number of nitrogens with zero attached hydrogens (tertiary/aromatic N) is 2. The third-order valence-electron chi connectivity index (χ3n) is 6.67. The van der Waals surface area contributed by atoms with Crippen LogP contribution < -0.4 is 0 Å². The van der Waals surface area contributed by atoms with E-state index in [4.69, 9.17) is 0 Å². The second-order valence-corrected chi connectivity index (χ2v) is 8.55. The smallest absolute Gasteiger partial charge is 0.197 e. The van der Waals surface area contributed by atoms with Gasteiger partial charge in [0.2, 0.25) is 0 Å². The Bertz CT molecular complexity index is 858. The fourth-order valence-corrected chi connectivity index (χ4v) is 4.63. The van der Waals surface area contributed by atoms with E-state index in [0.29, 0.717) is 17.3 Å². The van der Waals surface area contributed by atoms with Crippen LogP contribution in [0, 0.1) is 32.1 Å². The molecule has 0 aliphatic heterocycles. The lowest BCUT2D eigenvalue weighted by Gasteiger charge is -2.43. The van der Waals surface area contributed by atoms with E-state index in [9.17, 15) is 4.79 Å². The van der Waals surface area contributed by atoms with Crippen molar-refractivity contribution in [3.05, 3.63) is 51.3 Å². The van der Waals surface area contributed by atoms with E-state index in [-0.39, 0.29) is 5.78 Å². The highest BCUT2D eigenvalue weighted by molar-refractivity contribution is 6.11. The van der Waals surface area contributed by atoms with Crippen LogP contribution in [0.15, 0.2) is 12.1 Å². The van der Waals surface area contributed by atoms with Crippen molar-refractivity contribution in [2.75, 3.05) is 0 Å². The van der Waals surface area contributed by atoms with Crippen LogP contribution in [0.4, 0.5) is 0 Å². The van der Waals surface area contributed by atoms with E-state index in [1.54, 1.807) is 4.68 Å². The van der Waals surface area contributed by atoms with Gasteiger partial charge in [-0.05, 0) is 61.1 Å². The molecule has 0 amide bonds. The van der Waals surface area contributed by atoms with Crippen molar-refractivity contribution in [2.45, 2.75) is 74.7 Å². The molecule has 0 saturated carbocycles. The topological polar surface area (TPSA) is 34.9 Å². The van der Waals surface area contributed by atoms with Crippen molar-refractivity contribution >= 4 is 5.78 Å². The molecule has 1 heterocycles. The van der Waals surface area contributed by atoms with Crippen LogP contribution in [0.3, 0.4) is 0 Å². The summed E-state index contributed by atoms with van der Waals surface area (Å²) < 4.78 is 1.80. The van der Waals surface area contributed by atoms with E-state index >= 15 is 0 Å². The molecule has 1 aliphatic carbocycles. The summed E-state index contributed by atoms with van der Waals surface area (Å²) in [5, 5.41) is 4.42. The van der Waals surface area contributed by atoms with Crippen molar-refractivity contribution in [3.8, 4) is 0 Å². The Balaban J connectivity index is 0.00000126. The van der Waals surface area contributed by atoms with Gasteiger partial charge in [0.05, 0.1) is 11.3 Å². The Labute approximate surface area is 165 Å². The van der Waals surface area contributed by atoms with Crippen LogP contribution in [-0.4, -0.2) is 15.6 Å². The summed E-state index contributed by atoms with van der Waals surface area (Å²) >= 11 is 0. The van der Waals surface area contributed by atoms with Crippen molar-refractivity contribution < 1.29 is 4.79 Å². The Hall–Kier alpha value is -1.90. The SMILES string of the molecule is CC.Cc1nn(C)c(C)c1C(=O)c1ccc2c(c1C)C(C)C(C)C(C)(C)C2. The van der Waals surface area contributed by atoms with Crippen molar-refractivity contribution in [2.24, 2.45) is 18.4 Å². The maximum Gasteiger partial charge on any atom is 0.197 e. The number of fused-ring (bicyclic) bond motifs is 1. The van der Waals surface area contributed by atoms with Crippen LogP contribution in [0.5, 0.6) is 0 Å². The summed E-state index contributed by atoms with van der Waals surface area (Å²) in [5.41, 5.74) is 7.56. The predicted molar refractivity (Wildman–Crippen MR) is 114 cm³/mol. The Morgan fingerprint density at radius 2 is 1.74 bits per heavy atom. The molecular weight excluding hydrogens is 332 g/mol. The highest BCUT2D eigenvalue weighted by Gasteiger charge is 2.38. The second kappa shape index (κ2) is 7.61. The molecule has 148 valence electrons.